The molecular weight excluding hydrogens is 488 g/mol. The molecule has 0 aromatic heterocycles. The Morgan fingerprint density at radius 1 is 0.737 bits per heavy atom. The maximum Gasteiger partial charge on any atom is 0.328 e. The Hall–Kier alpha value is -3.76. The third-order valence-corrected chi connectivity index (χ3v) is 5.94. The van der Waals surface area contributed by atoms with Crippen molar-refractivity contribution in [2.45, 2.75) is 70.3 Å². The van der Waals surface area contributed by atoms with E-state index in [9.17, 15) is 29.4 Å². The molecule has 3 amide bonds. The van der Waals surface area contributed by atoms with Crippen LogP contribution in [0.15, 0.2) is 60.7 Å². The molecule has 0 aliphatic heterocycles. The smallest absolute Gasteiger partial charge is 0.328 e. The van der Waals surface area contributed by atoms with Crippen molar-refractivity contribution in [1.29, 1.82) is 0 Å². The zero-order chi connectivity index (χ0) is 28.2. The minimum absolute atomic E-state index is 0.0319. The molecule has 0 saturated heterocycles. The quantitative estimate of drug-likeness (QED) is 0.211. The largest absolute Gasteiger partial charge is 0.480 e. The first-order valence-electron chi connectivity index (χ1n) is 12.6. The van der Waals surface area contributed by atoms with Gasteiger partial charge in [0.2, 0.25) is 17.7 Å². The summed E-state index contributed by atoms with van der Waals surface area (Å²) in [4.78, 5) is 50.8. The van der Waals surface area contributed by atoms with Crippen molar-refractivity contribution in [2.24, 2.45) is 11.7 Å². The van der Waals surface area contributed by atoms with E-state index < -0.39 is 54.0 Å². The van der Waals surface area contributed by atoms with Crippen LogP contribution in [0.25, 0.3) is 0 Å². The topological polar surface area (TPSA) is 171 Å². The first kappa shape index (κ1) is 30.5. The van der Waals surface area contributed by atoms with Crippen LogP contribution in [-0.4, -0.2) is 64.2 Å². The highest BCUT2D eigenvalue weighted by molar-refractivity contribution is 5.94. The number of aliphatic hydroxyl groups is 1. The Morgan fingerprint density at radius 3 is 1.68 bits per heavy atom. The minimum Gasteiger partial charge on any atom is -0.480 e. The van der Waals surface area contributed by atoms with Crippen LogP contribution in [0.2, 0.25) is 0 Å². The Labute approximate surface area is 223 Å². The van der Waals surface area contributed by atoms with Gasteiger partial charge in [0.05, 0.1) is 12.1 Å². The molecule has 0 aliphatic rings. The van der Waals surface area contributed by atoms with Crippen molar-refractivity contribution in [2.75, 3.05) is 0 Å². The first-order chi connectivity index (χ1) is 18.0. The number of nitrogens with two attached hydrogens (primary N) is 1. The van der Waals surface area contributed by atoms with Gasteiger partial charge in [-0.2, -0.15) is 0 Å². The van der Waals surface area contributed by atoms with Gasteiger partial charge in [-0.1, -0.05) is 74.5 Å². The number of aliphatic hydroxyl groups excluding tert-OH is 1. The van der Waals surface area contributed by atoms with E-state index in [0.717, 1.165) is 11.1 Å². The summed E-state index contributed by atoms with van der Waals surface area (Å²) < 4.78 is 0. The van der Waals surface area contributed by atoms with Gasteiger partial charge in [-0.25, -0.2) is 4.79 Å². The second-order valence-corrected chi connectivity index (χ2v) is 9.80. The van der Waals surface area contributed by atoms with Gasteiger partial charge in [0.15, 0.2) is 6.04 Å². The lowest BCUT2D eigenvalue weighted by molar-refractivity contribution is -0.145. The van der Waals surface area contributed by atoms with E-state index in [1.807, 2.05) is 44.2 Å². The summed E-state index contributed by atoms with van der Waals surface area (Å²) in [6.45, 7) is 5.03. The number of carbonyl (C=O) groups excluding carboxylic acids is 3. The number of benzene rings is 2. The number of hydrogen-bond acceptors (Lipinski definition) is 6. The zero-order valence-electron chi connectivity index (χ0n) is 22.0. The molecule has 0 saturated carbocycles. The zero-order valence-corrected chi connectivity index (χ0v) is 22.0. The van der Waals surface area contributed by atoms with Gasteiger partial charge in [0.25, 0.3) is 0 Å². The van der Waals surface area contributed by atoms with Gasteiger partial charge in [-0.05, 0) is 36.8 Å². The van der Waals surface area contributed by atoms with E-state index >= 15 is 0 Å². The average Bonchev–Trinajstić information content (AvgIpc) is 2.86. The predicted octanol–water partition coefficient (Wildman–Crippen LogP) is 0.765. The molecule has 2 rings (SSSR count). The summed E-state index contributed by atoms with van der Waals surface area (Å²) in [5, 5.41) is 26.8. The molecular formula is C28H38N4O6. The maximum atomic E-state index is 13.3. The van der Waals surface area contributed by atoms with Crippen LogP contribution in [0.1, 0.15) is 38.3 Å². The van der Waals surface area contributed by atoms with E-state index in [1.165, 1.54) is 6.92 Å². The van der Waals surface area contributed by atoms with E-state index in [1.54, 1.807) is 30.3 Å². The van der Waals surface area contributed by atoms with E-state index in [4.69, 9.17) is 5.73 Å². The Morgan fingerprint density at radius 2 is 1.21 bits per heavy atom. The number of carbonyl (C=O) groups is 4. The molecule has 206 valence electrons. The predicted molar refractivity (Wildman–Crippen MR) is 143 cm³/mol. The second-order valence-electron chi connectivity index (χ2n) is 9.80. The second kappa shape index (κ2) is 14.8. The fourth-order valence-electron chi connectivity index (χ4n) is 3.92. The molecule has 2 aromatic carbocycles. The van der Waals surface area contributed by atoms with Crippen molar-refractivity contribution in [3.8, 4) is 0 Å². The summed E-state index contributed by atoms with van der Waals surface area (Å²) in [6.07, 6.45) is -0.706. The van der Waals surface area contributed by atoms with Crippen LogP contribution < -0.4 is 21.7 Å². The molecule has 10 heteroatoms. The Kier molecular flexibility index (Phi) is 11.9. The fraction of sp³-hybridized carbons (Fsp3) is 0.429. The average molecular weight is 527 g/mol. The van der Waals surface area contributed by atoms with Crippen molar-refractivity contribution in [3.63, 3.8) is 0 Å². The lowest BCUT2D eigenvalue weighted by Gasteiger charge is -2.26. The van der Waals surface area contributed by atoms with Gasteiger partial charge in [0.1, 0.15) is 12.1 Å². The summed E-state index contributed by atoms with van der Waals surface area (Å²) >= 11 is 0. The Bertz CT molecular complexity index is 1060. The molecule has 2 aromatic rings. The normalized spacial score (nSPS) is 15.0. The molecule has 0 heterocycles. The minimum atomic E-state index is -1.56. The number of nitrogens with one attached hydrogen (secondary N) is 3. The highest BCUT2D eigenvalue weighted by Crippen LogP contribution is 2.10. The van der Waals surface area contributed by atoms with Gasteiger partial charge < -0.3 is 31.9 Å². The van der Waals surface area contributed by atoms with Crippen molar-refractivity contribution in [3.05, 3.63) is 71.8 Å². The molecule has 7 N–H and O–H groups in total. The fourth-order valence-corrected chi connectivity index (χ4v) is 3.92. The van der Waals surface area contributed by atoms with Gasteiger partial charge >= 0.3 is 5.97 Å². The number of hydrogen-bond donors (Lipinski definition) is 6. The van der Waals surface area contributed by atoms with Crippen LogP contribution in [0, 0.1) is 5.92 Å². The van der Waals surface area contributed by atoms with Crippen LogP contribution in [0.3, 0.4) is 0 Å². The van der Waals surface area contributed by atoms with Crippen molar-refractivity contribution >= 4 is 23.7 Å². The highest BCUT2D eigenvalue weighted by atomic mass is 16.4. The van der Waals surface area contributed by atoms with Crippen LogP contribution in [0.5, 0.6) is 0 Å². The van der Waals surface area contributed by atoms with Crippen LogP contribution in [0.4, 0.5) is 0 Å². The summed E-state index contributed by atoms with van der Waals surface area (Å²) in [5.74, 6) is -3.25. The third kappa shape index (κ3) is 9.95. The molecule has 0 radical (unpaired) electrons. The molecule has 10 nitrogen and oxygen atoms in total. The van der Waals surface area contributed by atoms with E-state index in [0.29, 0.717) is 6.42 Å². The van der Waals surface area contributed by atoms with Crippen LogP contribution in [-0.2, 0) is 32.0 Å². The van der Waals surface area contributed by atoms with Gasteiger partial charge in [-0.15, -0.1) is 0 Å². The molecule has 0 aliphatic carbocycles. The molecule has 5 unspecified atom stereocenters. The van der Waals surface area contributed by atoms with Crippen molar-refractivity contribution in [1.82, 2.24) is 16.0 Å². The molecule has 0 bridgehead atoms. The standard InChI is InChI=1S/C28H38N4O6/c1-17(2)14-22(30-25(34)21(29)15-19-10-6-4-7-11-19)26(35)31-23(16-20-12-8-5-9-13-20)27(36)32-24(18(3)33)28(37)38/h4-13,17-18,21-24,33H,14-16,29H2,1-3H3,(H,30,34)(H,31,35)(H,32,36)(H,37,38). The molecule has 5 atom stereocenters. The number of carboxylic acids is 1. The van der Waals surface area contributed by atoms with E-state index in [2.05, 4.69) is 16.0 Å². The summed E-state index contributed by atoms with van der Waals surface area (Å²) in [7, 11) is 0. The van der Waals surface area contributed by atoms with Crippen LogP contribution >= 0.6 is 0 Å². The third-order valence-electron chi connectivity index (χ3n) is 5.94. The lowest BCUT2D eigenvalue weighted by atomic mass is 10.00. The SMILES string of the molecule is CC(C)CC(NC(=O)C(N)Cc1ccccc1)C(=O)NC(Cc1ccccc1)C(=O)NC(C(=O)O)C(C)O. The maximum absolute atomic E-state index is 13.3. The number of amides is 3. The summed E-state index contributed by atoms with van der Waals surface area (Å²) in [6, 6.07) is 13.6. The lowest BCUT2D eigenvalue weighted by Crippen LogP contribution is -2.59. The number of carboxylic acid groups (broad SMARTS) is 1. The summed E-state index contributed by atoms with van der Waals surface area (Å²) in [5.41, 5.74) is 7.71. The Balaban J connectivity index is 2.20. The van der Waals surface area contributed by atoms with Gasteiger partial charge in [-0.3, -0.25) is 14.4 Å². The van der Waals surface area contributed by atoms with Crippen molar-refractivity contribution < 1.29 is 29.4 Å². The number of rotatable bonds is 14. The highest BCUT2D eigenvalue weighted by Gasteiger charge is 2.32. The molecule has 0 spiro atoms. The molecule has 0 fully saturated rings. The van der Waals surface area contributed by atoms with E-state index in [-0.39, 0.29) is 18.8 Å². The first-order valence-corrected chi connectivity index (χ1v) is 12.6. The molecule has 38 heavy (non-hydrogen) atoms. The number of aliphatic carboxylic acids is 1. The monoisotopic (exact) mass is 526 g/mol. The van der Waals surface area contributed by atoms with Gasteiger partial charge in [0, 0.05) is 6.42 Å².